The largest absolute Gasteiger partial charge is 0.352 e. The van der Waals surface area contributed by atoms with Gasteiger partial charge in [-0.1, -0.05) is 0 Å². The molecule has 0 unspecified atom stereocenters. The number of urea groups is 1. The summed E-state index contributed by atoms with van der Waals surface area (Å²) in [6.07, 6.45) is 1.70. The standard InChI is InChI=1S/C5H7N3OS/c6-5(9)8-2-4-1-7-3-10-4/h1,3H,2H2,(H3,6,8,9). The molecule has 0 aliphatic heterocycles. The van der Waals surface area contributed by atoms with Crippen LogP contribution in [0.3, 0.4) is 0 Å². The molecule has 1 aromatic rings. The highest BCUT2D eigenvalue weighted by atomic mass is 32.1. The molecule has 0 saturated carbocycles. The molecule has 0 aliphatic carbocycles. The number of nitrogens with zero attached hydrogens (tertiary/aromatic N) is 1. The van der Waals surface area contributed by atoms with E-state index < -0.39 is 6.03 Å². The molecular formula is C5H7N3OS. The second-order valence-electron chi connectivity index (χ2n) is 1.69. The van der Waals surface area contributed by atoms with Gasteiger partial charge in [0.15, 0.2) is 0 Å². The third-order valence-corrected chi connectivity index (χ3v) is 1.70. The van der Waals surface area contributed by atoms with Crippen LogP contribution in [-0.2, 0) is 6.54 Å². The Labute approximate surface area is 62.1 Å². The van der Waals surface area contributed by atoms with Crippen molar-refractivity contribution in [2.75, 3.05) is 0 Å². The van der Waals surface area contributed by atoms with E-state index in [4.69, 9.17) is 5.73 Å². The molecule has 0 aromatic carbocycles. The molecule has 54 valence electrons. The number of nitrogens with two attached hydrogens (primary N) is 1. The van der Waals surface area contributed by atoms with E-state index in [0.717, 1.165) is 4.88 Å². The molecule has 4 nitrogen and oxygen atoms in total. The Morgan fingerprint density at radius 2 is 2.70 bits per heavy atom. The van der Waals surface area contributed by atoms with Gasteiger partial charge in [0.1, 0.15) is 0 Å². The second-order valence-corrected chi connectivity index (χ2v) is 2.66. The van der Waals surface area contributed by atoms with Gasteiger partial charge >= 0.3 is 6.03 Å². The minimum absolute atomic E-state index is 0.472. The molecule has 1 rings (SSSR count). The van der Waals surface area contributed by atoms with Crippen LogP contribution in [-0.4, -0.2) is 11.0 Å². The predicted molar refractivity (Wildman–Crippen MR) is 38.5 cm³/mol. The number of thiazole rings is 1. The first-order valence-electron chi connectivity index (χ1n) is 2.69. The van der Waals surface area contributed by atoms with E-state index in [-0.39, 0.29) is 0 Å². The number of carbonyl (C=O) groups excluding carboxylic acids is 1. The highest BCUT2D eigenvalue weighted by Gasteiger charge is 1.94. The van der Waals surface area contributed by atoms with Crippen LogP contribution in [0.1, 0.15) is 4.88 Å². The van der Waals surface area contributed by atoms with E-state index in [0.29, 0.717) is 6.54 Å². The summed E-state index contributed by atoms with van der Waals surface area (Å²) in [6, 6.07) is -0.506. The van der Waals surface area contributed by atoms with Gasteiger partial charge in [-0.15, -0.1) is 11.3 Å². The molecule has 0 saturated heterocycles. The smallest absolute Gasteiger partial charge is 0.312 e. The van der Waals surface area contributed by atoms with E-state index >= 15 is 0 Å². The summed E-state index contributed by atoms with van der Waals surface area (Å²) in [7, 11) is 0. The van der Waals surface area contributed by atoms with E-state index in [1.807, 2.05) is 0 Å². The molecule has 0 radical (unpaired) electrons. The molecular weight excluding hydrogens is 150 g/mol. The highest BCUT2D eigenvalue weighted by molar-refractivity contribution is 7.09. The van der Waals surface area contributed by atoms with Crippen molar-refractivity contribution in [3.05, 3.63) is 16.6 Å². The molecule has 2 amide bonds. The van der Waals surface area contributed by atoms with Gasteiger partial charge in [-0.05, 0) is 0 Å². The maximum Gasteiger partial charge on any atom is 0.312 e. The molecule has 0 bridgehead atoms. The molecule has 0 aliphatic rings. The van der Waals surface area contributed by atoms with E-state index in [1.165, 1.54) is 11.3 Å². The van der Waals surface area contributed by atoms with Crippen molar-refractivity contribution in [1.82, 2.24) is 10.3 Å². The zero-order chi connectivity index (χ0) is 7.40. The molecule has 3 N–H and O–H groups in total. The normalized spacial score (nSPS) is 9.20. The summed E-state index contributed by atoms with van der Waals surface area (Å²) in [5.41, 5.74) is 6.55. The van der Waals surface area contributed by atoms with Gasteiger partial charge in [0.05, 0.1) is 12.1 Å². The monoisotopic (exact) mass is 157 g/mol. The predicted octanol–water partition coefficient (Wildman–Crippen LogP) is 0.311. The number of rotatable bonds is 2. The van der Waals surface area contributed by atoms with Crippen LogP contribution < -0.4 is 11.1 Å². The number of aromatic nitrogens is 1. The van der Waals surface area contributed by atoms with Gasteiger partial charge in [-0.3, -0.25) is 4.98 Å². The third-order valence-electron chi connectivity index (χ3n) is 0.920. The van der Waals surface area contributed by atoms with Gasteiger partial charge in [0, 0.05) is 11.1 Å². The number of amides is 2. The zero-order valence-electron chi connectivity index (χ0n) is 5.20. The first kappa shape index (κ1) is 7.01. The van der Waals surface area contributed by atoms with Crippen LogP contribution in [0.2, 0.25) is 0 Å². The SMILES string of the molecule is NC(=O)NCc1cncs1. The van der Waals surface area contributed by atoms with Crippen molar-refractivity contribution in [3.63, 3.8) is 0 Å². The molecule has 0 spiro atoms. The summed E-state index contributed by atoms with van der Waals surface area (Å²) < 4.78 is 0. The molecule has 5 heteroatoms. The lowest BCUT2D eigenvalue weighted by Gasteiger charge is -1.95. The van der Waals surface area contributed by atoms with Crippen LogP contribution in [0.4, 0.5) is 4.79 Å². The van der Waals surface area contributed by atoms with Gasteiger partial charge < -0.3 is 11.1 Å². The number of hydrogen-bond donors (Lipinski definition) is 2. The van der Waals surface area contributed by atoms with Crippen molar-refractivity contribution >= 4 is 17.4 Å². The molecule has 0 fully saturated rings. The van der Waals surface area contributed by atoms with Crippen LogP contribution >= 0.6 is 11.3 Å². The minimum Gasteiger partial charge on any atom is -0.352 e. The highest BCUT2D eigenvalue weighted by Crippen LogP contribution is 2.03. The Balaban J connectivity index is 2.35. The van der Waals surface area contributed by atoms with Crippen LogP contribution in [0.5, 0.6) is 0 Å². The van der Waals surface area contributed by atoms with Crippen LogP contribution in [0, 0.1) is 0 Å². The number of carbonyl (C=O) groups is 1. The van der Waals surface area contributed by atoms with E-state index in [2.05, 4.69) is 10.3 Å². The van der Waals surface area contributed by atoms with Gasteiger partial charge in [0.2, 0.25) is 0 Å². The van der Waals surface area contributed by atoms with Crippen molar-refractivity contribution in [2.24, 2.45) is 5.73 Å². The maximum atomic E-state index is 10.2. The Bertz CT molecular complexity index is 209. The quantitative estimate of drug-likeness (QED) is 0.648. The Morgan fingerprint density at radius 3 is 3.20 bits per heavy atom. The lowest BCUT2D eigenvalue weighted by atomic mass is 10.5. The first-order chi connectivity index (χ1) is 4.79. The Kier molecular flexibility index (Phi) is 2.22. The topological polar surface area (TPSA) is 68.0 Å². The number of hydrogen-bond acceptors (Lipinski definition) is 3. The minimum atomic E-state index is -0.506. The van der Waals surface area contributed by atoms with Crippen molar-refractivity contribution in [1.29, 1.82) is 0 Å². The lowest BCUT2D eigenvalue weighted by molar-refractivity contribution is 0.248. The number of primary amides is 1. The fraction of sp³-hybridized carbons (Fsp3) is 0.200. The van der Waals surface area contributed by atoms with Crippen LogP contribution in [0.15, 0.2) is 11.7 Å². The average molecular weight is 157 g/mol. The zero-order valence-corrected chi connectivity index (χ0v) is 6.02. The first-order valence-corrected chi connectivity index (χ1v) is 3.57. The summed E-state index contributed by atoms with van der Waals surface area (Å²) >= 11 is 1.48. The van der Waals surface area contributed by atoms with Gasteiger partial charge in [0.25, 0.3) is 0 Å². The van der Waals surface area contributed by atoms with E-state index in [9.17, 15) is 4.79 Å². The fourth-order valence-electron chi connectivity index (χ4n) is 0.504. The molecule has 0 atom stereocenters. The number of nitrogens with one attached hydrogen (secondary N) is 1. The average Bonchev–Trinajstić information content (AvgIpc) is 2.34. The summed E-state index contributed by atoms with van der Waals surface area (Å²) in [4.78, 5) is 15.0. The summed E-state index contributed by atoms with van der Waals surface area (Å²) in [6.45, 7) is 0.472. The van der Waals surface area contributed by atoms with Gasteiger partial charge in [-0.25, -0.2) is 4.79 Å². The third kappa shape index (κ3) is 2.02. The van der Waals surface area contributed by atoms with Crippen LogP contribution in [0.25, 0.3) is 0 Å². The van der Waals surface area contributed by atoms with Crippen molar-refractivity contribution in [3.8, 4) is 0 Å². The van der Waals surface area contributed by atoms with Gasteiger partial charge in [-0.2, -0.15) is 0 Å². The Morgan fingerprint density at radius 1 is 1.90 bits per heavy atom. The van der Waals surface area contributed by atoms with Crippen molar-refractivity contribution in [2.45, 2.75) is 6.54 Å². The van der Waals surface area contributed by atoms with Crippen molar-refractivity contribution < 1.29 is 4.79 Å². The fourth-order valence-corrected chi connectivity index (χ4v) is 1.04. The maximum absolute atomic E-state index is 10.2. The summed E-state index contributed by atoms with van der Waals surface area (Å²) in [5, 5.41) is 2.46. The van der Waals surface area contributed by atoms with E-state index in [1.54, 1.807) is 11.7 Å². The second kappa shape index (κ2) is 3.17. The molecule has 1 aromatic heterocycles. The molecule has 10 heavy (non-hydrogen) atoms. The summed E-state index contributed by atoms with van der Waals surface area (Å²) in [5.74, 6) is 0. The Hall–Kier alpha value is -1.10. The molecule has 1 heterocycles. The lowest BCUT2D eigenvalue weighted by Crippen LogP contribution is -2.28.